The SMILES string of the molecule is COc1ccc(NC(=O)C2CCN(C(=O)CNC(=O)COC3C[C@@H](C)CC[C@@H]3C(C)C)CC2)cc1. The van der Waals surface area contributed by atoms with Crippen LogP contribution in [0.15, 0.2) is 24.3 Å². The van der Waals surface area contributed by atoms with Gasteiger partial charge in [-0.15, -0.1) is 0 Å². The second-order valence-corrected chi connectivity index (χ2v) is 10.3. The van der Waals surface area contributed by atoms with Gasteiger partial charge in [0.05, 0.1) is 19.8 Å². The third-order valence-corrected chi connectivity index (χ3v) is 7.40. The van der Waals surface area contributed by atoms with Crippen molar-refractivity contribution in [2.45, 2.75) is 59.0 Å². The van der Waals surface area contributed by atoms with Gasteiger partial charge >= 0.3 is 0 Å². The van der Waals surface area contributed by atoms with E-state index in [0.29, 0.717) is 43.7 Å². The van der Waals surface area contributed by atoms with Gasteiger partial charge in [0, 0.05) is 24.7 Å². The molecule has 3 atom stereocenters. The number of ether oxygens (including phenoxy) is 2. The van der Waals surface area contributed by atoms with Crippen molar-refractivity contribution in [3.8, 4) is 5.75 Å². The summed E-state index contributed by atoms with van der Waals surface area (Å²) in [6.45, 7) is 7.60. The lowest BCUT2D eigenvalue weighted by atomic mass is 9.75. The van der Waals surface area contributed by atoms with Gasteiger partial charge in [-0.25, -0.2) is 0 Å². The Balaban J connectivity index is 1.35. The number of benzene rings is 1. The minimum atomic E-state index is -0.257. The molecule has 1 saturated carbocycles. The predicted molar refractivity (Wildman–Crippen MR) is 135 cm³/mol. The average molecular weight is 488 g/mol. The van der Waals surface area contributed by atoms with Crippen LogP contribution in [0.2, 0.25) is 0 Å². The van der Waals surface area contributed by atoms with Gasteiger partial charge in [-0.1, -0.05) is 27.2 Å². The van der Waals surface area contributed by atoms with Crippen molar-refractivity contribution in [2.75, 3.05) is 38.7 Å². The normalized spacial score (nSPS) is 23.1. The van der Waals surface area contributed by atoms with E-state index in [1.54, 1.807) is 36.3 Å². The van der Waals surface area contributed by atoms with E-state index in [9.17, 15) is 14.4 Å². The highest BCUT2D eigenvalue weighted by atomic mass is 16.5. The molecular weight excluding hydrogens is 446 g/mol. The van der Waals surface area contributed by atoms with Crippen LogP contribution in [0.3, 0.4) is 0 Å². The molecule has 194 valence electrons. The molecule has 35 heavy (non-hydrogen) atoms. The van der Waals surface area contributed by atoms with Crippen molar-refractivity contribution in [1.29, 1.82) is 0 Å². The molecule has 2 fully saturated rings. The fourth-order valence-electron chi connectivity index (χ4n) is 5.14. The summed E-state index contributed by atoms with van der Waals surface area (Å²) in [5.41, 5.74) is 0.724. The van der Waals surface area contributed by atoms with Gasteiger partial charge < -0.3 is 25.0 Å². The summed E-state index contributed by atoms with van der Waals surface area (Å²) in [6, 6.07) is 7.21. The molecule has 0 aromatic heterocycles. The first-order chi connectivity index (χ1) is 16.8. The van der Waals surface area contributed by atoms with Gasteiger partial charge in [0.25, 0.3) is 0 Å². The molecule has 3 rings (SSSR count). The van der Waals surface area contributed by atoms with Gasteiger partial charge in [-0.2, -0.15) is 0 Å². The molecule has 1 aliphatic heterocycles. The Labute approximate surface area is 209 Å². The maximum atomic E-state index is 12.6. The molecule has 0 bridgehead atoms. The Kier molecular flexibility index (Phi) is 9.95. The van der Waals surface area contributed by atoms with E-state index in [1.807, 2.05) is 0 Å². The molecule has 2 aliphatic rings. The van der Waals surface area contributed by atoms with E-state index in [0.717, 1.165) is 24.3 Å². The van der Waals surface area contributed by atoms with Gasteiger partial charge in [0.1, 0.15) is 12.4 Å². The highest BCUT2D eigenvalue weighted by Crippen LogP contribution is 2.35. The lowest BCUT2D eigenvalue weighted by molar-refractivity contribution is -0.137. The van der Waals surface area contributed by atoms with Crippen molar-refractivity contribution in [2.24, 2.45) is 23.7 Å². The number of anilines is 1. The number of carbonyl (C=O) groups is 3. The molecule has 1 saturated heterocycles. The molecule has 8 heteroatoms. The molecule has 1 aromatic carbocycles. The second kappa shape index (κ2) is 12.9. The summed E-state index contributed by atoms with van der Waals surface area (Å²) in [5.74, 6) is 1.78. The van der Waals surface area contributed by atoms with Crippen LogP contribution in [0.4, 0.5) is 5.69 Å². The van der Waals surface area contributed by atoms with Crippen LogP contribution in [-0.4, -0.2) is 62.1 Å². The zero-order valence-electron chi connectivity index (χ0n) is 21.5. The molecule has 8 nitrogen and oxygen atoms in total. The molecular formula is C27H41N3O5. The average Bonchev–Trinajstić information content (AvgIpc) is 2.86. The molecule has 0 spiro atoms. The van der Waals surface area contributed by atoms with E-state index >= 15 is 0 Å². The lowest BCUT2D eigenvalue weighted by Crippen LogP contribution is -2.46. The fraction of sp³-hybridized carbons (Fsp3) is 0.667. The van der Waals surface area contributed by atoms with Crippen molar-refractivity contribution in [1.82, 2.24) is 10.2 Å². The summed E-state index contributed by atoms with van der Waals surface area (Å²) in [6.07, 6.45) is 4.63. The van der Waals surface area contributed by atoms with Crippen LogP contribution in [0.1, 0.15) is 52.9 Å². The summed E-state index contributed by atoms with van der Waals surface area (Å²) >= 11 is 0. The second-order valence-electron chi connectivity index (χ2n) is 10.3. The predicted octanol–water partition coefficient (Wildman–Crippen LogP) is 3.47. The number of methoxy groups -OCH3 is 1. The lowest BCUT2D eigenvalue weighted by Gasteiger charge is -2.37. The number of hydrogen-bond donors (Lipinski definition) is 2. The zero-order valence-corrected chi connectivity index (χ0v) is 21.5. The number of carbonyl (C=O) groups excluding carboxylic acids is 3. The van der Waals surface area contributed by atoms with Crippen molar-refractivity contribution in [3.05, 3.63) is 24.3 Å². The number of likely N-dealkylation sites (tertiary alicyclic amines) is 1. The molecule has 1 aliphatic carbocycles. The Bertz CT molecular complexity index is 849. The Morgan fingerprint density at radius 2 is 1.74 bits per heavy atom. The summed E-state index contributed by atoms with van der Waals surface area (Å²) < 4.78 is 11.1. The topological polar surface area (TPSA) is 97.0 Å². The number of amides is 3. The van der Waals surface area contributed by atoms with E-state index in [-0.39, 0.29) is 42.9 Å². The highest BCUT2D eigenvalue weighted by molar-refractivity contribution is 5.93. The first-order valence-corrected chi connectivity index (χ1v) is 12.9. The molecule has 0 radical (unpaired) electrons. The summed E-state index contributed by atoms with van der Waals surface area (Å²) in [4.78, 5) is 39.2. The molecule has 3 amide bonds. The third-order valence-electron chi connectivity index (χ3n) is 7.40. The molecule has 2 N–H and O–H groups in total. The molecule has 1 unspecified atom stereocenters. The minimum Gasteiger partial charge on any atom is -0.497 e. The summed E-state index contributed by atoms with van der Waals surface area (Å²) in [7, 11) is 1.60. The monoisotopic (exact) mass is 487 g/mol. The van der Waals surface area contributed by atoms with Crippen LogP contribution in [-0.2, 0) is 19.1 Å². The van der Waals surface area contributed by atoms with Crippen molar-refractivity contribution in [3.63, 3.8) is 0 Å². The number of piperidine rings is 1. The van der Waals surface area contributed by atoms with E-state index < -0.39 is 0 Å². The maximum absolute atomic E-state index is 12.6. The smallest absolute Gasteiger partial charge is 0.246 e. The fourth-order valence-corrected chi connectivity index (χ4v) is 5.14. The van der Waals surface area contributed by atoms with E-state index in [4.69, 9.17) is 9.47 Å². The highest BCUT2D eigenvalue weighted by Gasteiger charge is 2.32. The number of rotatable bonds is 9. The molecule has 1 aromatic rings. The Morgan fingerprint density at radius 3 is 2.37 bits per heavy atom. The zero-order chi connectivity index (χ0) is 25.4. The maximum Gasteiger partial charge on any atom is 0.246 e. The van der Waals surface area contributed by atoms with E-state index in [1.165, 1.54) is 6.42 Å². The number of hydrogen-bond acceptors (Lipinski definition) is 5. The minimum absolute atomic E-state index is 0.0124. The number of nitrogens with zero attached hydrogens (tertiary/aromatic N) is 1. The molecule has 1 heterocycles. The largest absolute Gasteiger partial charge is 0.497 e. The van der Waals surface area contributed by atoms with Crippen LogP contribution in [0, 0.1) is 23.7 Å². The van der Waals surface area contributed by atoms with E-state index in [2.05, 4.69) is 31.4 Å². The standard InChI is InChI=1S/C27H41N3O5/c1-18(2)23-10-5-19(3)15-24(23)35-17-25(31)28-16-26(32)30-13-11-20(12-14-30)27(33)29-21-6-8-22(34-4)9-7-21/h6-9,18-20,23-24H,5,10-17H2,1-4H3,(H,28,31)(H,29,33)/t19-,23+,24?/m0/s1. The van der Waals surface area contributed by atoms with Crippen LogP contribution < -0.4 is 15.4 Å². The van der Waals surface area contributed by atoms with Gasteiger partial charge in [-0.05, 0) is 67.7 Å². The van der Waals surface area contributed by atoms with Gasteiger partial charge in [0.2, 0.25) is 17.7 Å². The first kappa shape index (κ1) is 27.0. The van der Waals surface area contributed by atoms with Crippen molar-refractivity contribution < 1.29 is 23.9 Å². The Hall–Kier alpha value is -2.61. The van der Waals surface area contributed by atoms with Gasteiger partial charge in [0.15, 0.2) is 0 Å². The van der Waals surface area contributed by atoms with Crippen LogP contribution >= 0.6 is 0 Å². The van der Waals surface area contributed by atoms with Crippen molar-refractivity contribution >= 4 is 23.4 Å². The van der Waals surface area contributed by atoms with Crippen LogP contribution in [0.5, 0.6) is 5.75 Å². The van der Waals surface area contributed by atoms with Gasteiger partial charge in [-0.3, -0.25) is 14.4 Å². The third kappa shape index (κ3) is 7.95. The Morgan fingerprint density at radius 1 is 1.06 bits per heavy atom. The quantitative estimate of drug-likeness (QED) is 0.556. The first-order valence-electron chi connectivity index (χ1n) is 12.9. The number of nitrogens with one attached hydrogen (secondary N) is 2. The summed E-state index contributed by atoms with van der Waals surface area (Å²) in [5, 5.41) is 5.64. The van der Waals surface area contributed by atoms with Crippen LogP contribution in [0.25, 0.3) is 0 Å².